The van der Waals surface area contributed by atoms with Crippen molar-refractivity contribution in [3.8, 4) is 11.4 Å². The average Bonchev–Trinajstić information content (AvgIpc) is 2.86. The number of rotatable bonds is 4. The Morgan fingerprint density at radius 1 is 1.45 bits per heavy atom. The molecule has 1 aromatic carbocycles. The first-order chi connectivity index (χ1) is 9.47. The fourth-order valence-electron chi connectivity index (χ4n) is 1.66. The van der Waals surface area contributed by atoms with Gasteiger partial charge in [-0.05, 0) is 19.1 Å². The molecule has 7 heteroatoms. The molecule has 6 nitrogen and oxygen atoms in total. The van der Waals surface area contributed by atoms with Crippen LogP contribution in [0.5, 0.6) is 0 Å². The first kappa shape index (κ1) is 14.3. The lowest BCUT2D eigenvalue weighted by Gasteiger charge is -2.16. The Morgan fingerprint density at radius 2 is 2.20 bits per heavy atom. The van der Waals surface area contributed by atoms with Gasteiger partial charge in [-0.25, -0.2) is 0 Å². The van der Waals surface area contributed by atoms with Crippen molar-refractivity contribution in [2.75, 3.05) is 19.4 Å². The van der Waals surface area contributed by atoms with Crippen LogP contribution >= 0.6 is 11.6 Å². The average molecular weight is 295 g/mol. The lowest BCUT2D eigenvalue weighted by atomic mass is 10.2. The van der Waals surface area contributed by atoms with Gasteiger partial charge in [-0.2, -0.15) is 4.98 Å². The smallest absolute Gasteiger partial charge is 0.322 e. The number of amides is 1. The highest BCUT2D eigenvalue weighted by Gasteiger charge is 2.17. The number of nitrogens with zero attached hydrogens (tertiary/aromatic N) is 3. The molecule has 106 valence electrons. The van der Waals surface area contributed by atoms with Gasteiger partial charge in [-0.1, -0.05) is 28.9 Å². The number of hydrogen-bond acceptors (Lipinski definition) is 5. The number of nitrogens with one attached hydrogen (secondary N) is 1. The van der Waals surface area contributed by atoms with Gasteiger partial charge in [0.05, 0.1) is 0 Å². The summed E-state index contributed by atoms with van der Waals surface area (Å²) < 4.78 is 5.07. The molecule has 1 N–H and O–H groups in total. The standard InChI is InChI=1S/C13H15ClN4O2/c1-8(12(19)18(2)3)15-13-16-11(17-20-13)9-5-4-6-10(14)7-9/h4-8H,1-3H3,(H,15,16,17)/t8-/m0/s1. The second-order valence-corrected chi connectivity index (χ2v) is 4.97. The predicted molar refractivity (Wildman–Crippen MR) is 76.5 cm³/mol. The van der Waals surface area contributed by atoms with Crippen molar-refractivity contribution in [2.24, 2.45) is 0 Å². The van der Waals surface area contributed by atoms with E-state index in [1.54, 1.807) is 39.2 Å². The van der Waals surface area contributed by atoms with Gasteiger partial charge < -0.3 is 14.7 Å². The summed E-state index contributed by atoms with van der Waals surface area (Å²) in [6.45, 7) is 1.73. The maximum Gasteiger partial charge on any atom is 0.322 e. The molecule has 0 aliphatic heterocycles. The van der Waals surface area contributed by atoms with E-state index in [1.807, 2.05) is 6.07 Å². The molecule has 0 bridgehead atoms. The summed E-state index contributed by atoms with van der Waals surface area (Å²) in [7, 11) is 3.37. The molecule has 20 heavy (non-hydrogen) atoms. The van der Waals surface area contributed by atoms with Gasteiger partial charge in [0, 0.05) is 24.7 Å². The number of halogens is 1. The molecule has 1 aromatic heterocycles. The van der Waals surface area contributed by atoms with Crippen LogP contribution in [-0.2, 0) is 4.79 Å². The van der Waals surface area contributed by atoms with Crippen LogP contribution in [0.4, 0.5) is 6.01 Å². The topological polar surface area (TPSA) is 71.3 Å². The van der Waals surface area contributed by atoms with Crippen molar-refractivity contribution in [2.45, 2.75) is 13.0 Å². The third-order valence-corrected chi connectivity index (χ3v) is 2.90. The van der Waals surface area contributed by atoms with Crippen molar-refractivity contribution < 1.29 is 9.32 Å². The Hall–Kier alpha value is -2.08. The van der Waals surface area contributed by atoms with Crippen LogP contribution in [0.2, 0.25) is 5.02 Å². The van der Waals surface area contributed by atoms with E-state index in [0.29, 0.717) is 10.8 Å². The number of likely N-dealkylation sites (N-methyl/N-ethyl adjacent to an activating group) is 1. The lowest BCUT2D eigenvalue weighted by molar-refractivity contribution is -0.129. The van der Waals surface area contributed by atoms with E-state index >= 15 is 0 Å². The minimum absolute atomic E-state index is 0.0764. The predicted octanol–water partition coefficient (Wildman–Crippen LogP) is 2.28. The van der Waals surface area contributed by atoms with Gasteiger partial charge in [0.1, 0.15) is 6.04 Å². The minimum atomic E-state index is -0.447. The van der Waals surface area contributed by atoms with Crippen LogP contribution in [0.3, 0.4) is 0 Å². The number of carbonyl (C=O) groups excluding carboxylic acids is 1. The normalized spacial score (nSPS) is 12.0. The summed E-state index contributed by atoms with van der Waals surface area (Å²) in [4.78, 5) is 17.4. The monoisotopic (exact) mass is 294 g/mol. The second-order valence-electron chi connectivity index (χ2n) is 4.53. The molecule has 0 unspecified atom stereocenters. The van der Waals surface area contributed by atoms with Gasteiger partial charge in [0.15, 0.2) is 0 Å². The Kier molecular flexibility index (Phi) is 4.24. The first-order valence-electron chi connectivity index (χ1n) is 6.04. The van der Waals surface area contributed by atoms with Gasteiger partial charge in [0.2, 0.25) is 11.7 Å². The Labute approximate surface area is 121 Å². The van der Waals surface area contributed by atoms with E-state index in [-0.39, 0.29) is 11.9 Å². The zero-order valence-corrected chi connectivity index (χ0v) is 12.2. The summed E-state index contributed by atoms with van der Waals surface area (Å²) in [5.41, 5.74) is 0.751. The van der Waals surface area contributed by atoms with Crippen LogP contribution in [-0.4, -0.2) is 41.1 Å². The van der Waals surface area contributed by atoms with Gasteiger partial charge in [0.25, 0.3) is 0 Å². The largest absolute Gasteiger partial charge is 0.347 e. The third-order valence-electron chi connectivity index (χ3n) is 2.66. The van der Waals surface area contributed by atoms with Crippen LogP contribution in [0.1, 0.15) is 6.92 Å². The summed E-state index contributed by atoms with van der Waals surface area (Å²) in [6.07, 6.45) is 0. The Bertz CT molecular complexity index is 612. The van der Waals surface area contributed by atoms with Crippen LogP contribution < -0.4 is 5.32 Å². The number of aromatic nitrogens is 2. The van der Waals surface area contributed by atoms with Crippen molar-refractivity contribution in [1.29, 1.82) is 0 Å². The fourth-order valence-corrected chi connectivity index (χ4v) is 1.85. The fraction of sp³-hybridized carbons (Fsp3) is 0.308. The summed E-state index contributed by atoms with van der Waals surface area (Å²) >= 11 is 5.91. The van der Waals surface area contributed by atoms with Gasteiger partial charge >= 0.3 is 6.01 Å². The van der Waals surface area contributed by atoms with Gasteiger partial charge in [-0.15, -0.1) is 0 Å². The van der Waals surface area contributed by atoms with Gasteiger partial charge in [-0.3, -0.25) is 4.79 Å². The second kappa shape index (κ2) is 5.92. The van der Waals surface area contributed by atoms with E-state index in [4.69, 9.17) is 16.1 Å². The number of carbonyl (C=O) groups is 1. The molecule has 2 rings (SSSR count). The highest BCUT2D eigenvalue weighted by Crippen LogP contribution is 2.21. The molecule has 0 fully saturated rings. The lowest BCUT2D eigenvalue weighted by Crippen LogP contribution is -2.36. The molecule has 0 saturated heterocycles. The van der Waals surface area contributed by atoms with Crippen LogP contribution in [0, 0.1) is 0 Å². The molecule has 0 spiro atoms. The molecule has 1 heterocycles. The number of benzene rings is 1. The molecule has 1 atom stereocenters. The highest BCUT2D eigenvalue weighted by molar-refractivity contribution is 6.30. The molecular weight excluding hydrogens is 280 g/mol. The zero-order chi connectivity index (χ0) is 14.7. The highest BCUT2D eigenvalue weighted by atomic mass is 35.5. The maximum atomic E-state index is 11.7. The number of anilines is 1. The number of hydrogen-bond donors (Lipinski definition) is 1. The van der Waals surface area contributed by atoms with Crippen LogP contribution in [0.15, 0.2) is 28.8 Å². The first-order valence-corrected chi connectivity index (χ1v) is 6.42. The summed E-state index contributed by atoms with van der Waals surface area (Å²) in [5, 5.41) is 7.31. The van der Waals surface area contributed by atoms with Crippen molar-refractivity contribution in [3.05, 3.63) is 29.3 Å². The minimum Gasteiger partial charge on any atom is -0.347 e. The third kappa shape index (κ3) is 3.27. The van der Waals surface area contributed by atoms with E-state index < -0.39 is 6.04 Å². The Morgan fingerprint density at radius 3 is 2.85 bits per heavy atom. The molecular formula is C13H15ClN4O2. The molecule has 0 aliphatic carbocycles. The molecule has 0 saturated carbocycles. The van der Waals surface area contributed by atoms with E-state index in [1.165, 1.54) is 4.90 Å². The van der Waals surface area contributed by atoms with Crippen molar-refractivity contribution in [1.82, 2.24) is 15.0 Å². The SMILES string of the molecule is C[C@H](Nc1nc(-c2cccc(Cl)c2)no1)C(=O)N(C)C. The van der Waals surface area contributed by atoms with E-state index in [2.05, 4.69) is 15.5 Å². The quantitative estimate of drug-likeness (QED) is 0.936. The molecule has 0 radical (unpaired) electrons. The zero-order valence-electron chi connectivity index (χ0n) is 11.4. The maximum absolute atomic E-state index is 11.7. The van der Waals surface area contributed by atoms with Crippen molar-refractivity contribution >= 4 is 23.5 Å². The molecule has 2 aromatic rings. The van der Waals surface area contributed by atoms with Crippen LogP contribution in [0.25, 0.3) is 11.4 Å². The van der Waals surface area contributed by atoms with Crippen molar-refractivity contribution in [3.63, 3.8) is 0 Å². The Balaban J connectivity index is 2.12. The molecule has 1 amide bonds. The summed E-state index contributed by atoms with van der Waals surface area (Å²) in [6, 6.07) is 6.89. The molecule has 0 aliphatic rings. The van der Waals surface area contributed by atoms with E-state index in [9.17, 15) is 4.79 Å². The van der Waals surface area contributed by atoms with E-state index in [0.717, 1.165) is 5.56 Å². The summed E-state index contributed by atoms with van der Waals surface area (Å²) in [5.74, 6) is 0.340.